The first-order chi connectivity index (χ1) is 15.1. The molecule has 0 bridgehead atoms. The van der Waals surface area contributed by atoms with Crippen molar-refractivity contribution in [1.29, 1.82) is 0 Å². The number of sulfonamides is 1. The zero-order valence-electron chi connectivity index (χ0n) is 17.6. The molecular weight excluding hydrogens is 434 g/mol. The van der Waals surface area contributed by atoms with Crippen LogP contribution in [0.2, 0.25) is 0 Å². The highest BCUT2D eigenvalue weighted by Crippen LogP contribution is 2.31. The molecule has 0 spiro atoms. The minimum absolute atomic E-state index is 0.0909. The number of carbonyl (C=O) groups is 1. The van der Waals surface area contributed by atoms with Gasteiger partial charge in [0.1, 0.15) is 5.75 Å². The Kier molecular flexibility index (Phi) is 6.45. The lowest BCUT2D eigenvalue weighted by atomic mass is 10.1. The Labute approximate surface area is 185 Å². The maximum atomic E-state index is 12.9. The highest BCUT2D eigenvalue weighted by molar-refractivity contribution is 7.92. The molecule has 166 valence electrons. The van der Waals surface area contributed by atoms with Crippen molar-refractivity contribution in [3.8, 4) is 5.75 Å². The molecule has 32 heavy (non-hydrogen) atoms. The van der Waals surface area contributed by atoms with E-state index in [9.17, 15) is 23.3 Å². The van der Waals surface area contributed by atoms with Gasteiger partial charge in [-0.1, -0.05) is 23.8 Å². The molecule has 3 aromatic rings. The summed E-state index contributed by atoms with van der Waals surface area (Å²) in [5, 5.41) is 13.8. The fourth-order valence-corrected chi connectivity index (χ4v) is 4.15. The Balaban J connectivity index is 1.89. The molecule has 0 unspecified atom stereocenters. The number of benzene rings is 3. The van der Waals surface area contributed by atoms with E-state index in [-0.39, 0.29) is 27.6 Å². The predicted molar refractivity (Wildman–Crippen MR) is 121 cm³/mol. The third-order valence-corrected chi connectivity index (χ3v) is 6.04. The van der Waals surface area contributed by atoms with Gasteiger partial charge in [0.15, 0.2) is 0 Å². The molecule has 0 heterocycles. The van der Waals surface area contributed by atoms with Crippen LogP contribution in [0.1, 0.15) is 21.5 Å². The lowest BCUT2D eigenvalue weighted by Gasteiger charge is -2.13. The van der Waals surface area contributed by atoms with Crippen LogP contribution < -0.4 is 14.8 Å². The Morgan fingerprint density at radius 2 is 1.75 bits per heavy atom. The summed E-state index contributed by atoms with van der Waals surface area (Å²) in [6.45, 7) is 3.80. The number of hydrogen-bond acceptors (Lipinski definition) is 6. The van der Waals surface area contributed by atoms with Gasteiger partial charge in [-0.3, -0.25) is 19.6 Å². The molecule has 2 N–H and O–H groups in total. The highest BCUT2D eigenvalue weighted by Gasteiger charge is 2.20. The zero-order valence-corrected chi connectivity index (χ0v) is 18.4. The van der Waals surface area contributed by atoms with Crippen LogP contribution in [0.15, 0.2) is 65.6 Å². The molecule has 0 radical (unpaired) electrons. The van der Waals surface area contributed by atoms with Gasteiger partial charge < -0.3 is 10.1 Å². The van der Waals surface area contributed by atoms with Crippen LogP contribution in [0.4, 0.5) is 17.1 Å². The molecule has 0 aromatic heterocycles. The molecule has 3 aromatic carbocycles. The number of non-ortho nitro benzene ring substituents is 1. The summed E-state index contributed by atoms with van der Waals surface area (Å²) in [7, 11) is -2.85. The van der Waals surface area contributed by atoms with Gasteiger partial charge in [0.2, 0.25) is 0 Å². The van der Waals surface area contributed by atoms with Gasteiger partial charge in [-0.15, -0.1) is 0 Å². The summed E-state index contributed by atoms with van der Waals surface area (Å²) < 4.78 is 33.2. The minimum atomic E-state index is -4.16. The van der Waals surface area contributed by atoms with E-state index in [1.54, 1.807) is 6.07 Å². The summed E-state index contributed by atoms with van der Waals surface area (Å²) in [4.78, 5) is 22.9. The predicted octanol–water partition coefficient (Wildman–Crippen LogP) is 4.27. The number of aryl methyl sites for hydroxylation is 2. The summed E-state index contributed by atoms with van der Waals surface area (Å²) in [6, 6.07) is 14.6. The van der Waals surface area contributed by atoms with Crippen molar-refractivity contribution in [2.75, 3.05) is 17.1 Å². The van der Waals surface area contributed by atoms with Gasteiger partial charge in [-0.2, -0.15) is 0 Å². The van der Waals surface area contributed by atoms with Crippen molar-refractivity contribution >= 4 is 33.0 Å². The van der Waals surface area contributed by atoms with E-state index in [0.717, 1.165) is 17.2 Å². The number of nitrogens with zero attached hydrogens (tertiary/aromatic N) is 1. The van der Waals surface area contributed by atoms with Gasteiger partial charge in [0.05, 0.1) is 22.6 Å². The number of methoxy groups -OCH3 is 1. The fourth-order valence-electron chi connectivity index (χ4n) is 3.05. The minimum Gasteiger partial charge on any atom is -0.495 e. The summed E-state index contributed by atoms with van der Waals surface area (Å²) in [5.74, 6) is -0.357. The van der Waals surface area contributed by atoms with E-state index >= 15 is 0 Å². The molecule has 0 aliphatic heterocycles. The summed E-state index contributed by atoms with van der Waals surface area (Å²) >= 11 is 0. The lowest BCUT2D eigenvalue weighted by molar-refractivity contribution is -0.384. The SMILES string of the molecule is COc1ccc([N+](=O)[O-])cc1NS(=O)(=O)c1cccc(C(=O)Nc2ccc(C)cc2C)c1. The quantitative estimate of drug-likeness (QED) is 0.404. The topological polar surface area (TPSA) is 128 Å². The number of nitrogens with one attached hydrogen (secondary N) is 2. The molecule has 0 aliphatic carbocycles. The largest absolute Gasteiger partial charge is 0.495 e. The maximum Gasteiger partial charge on any atom is 0.271 e. The Hall–Kier alpha value is -3.92. The van der Waals surface area contributed by atoms with Crippen LogP contribution >= 0.6 is 0 Å². The van der Waals surface area contributed by atoms with Crippen LogP contribution in [0.25, 0.3) is 0 Å². The molecular formula is C22H21N3O6S. The van der Waals surface area contributed by atoms with Crippen molar-refractivity contribution < 1.29 is 22.9 Å². The van der Waals surface area contributed by atoms with Crippen LogP contribution in [-0.2, 0) is 10.0 Å². The van der Waals surface area contributed by atoms with Gasteiger partial charge in [0, 0.05) is 23.4 Å². The molecule has 1 amide bonds. The van der Waals surface area contributed by atoms with E-state index in [1.807, 2.05) is 26.0 Å². The third kappa shape index (κ3) is 5.03. The second kappa shape index (κ2) is 9.06. The number of carbonyl (C=O) groups excluding carboxylic acids is 1. The van der Waals surface area contributed by atoms with E-state index in [1.165, 1.54) is 43.5 Å². The number of nitro groups is 1. The zero-order chi connectivity index (χ0) is 23.5. The Morgan fingerprint density at radius 1 is 1.00 bits per heavy atom. The van der Waals surface area contributed by atoms with Gasteiger partial charge >= 0.3 is 0 Å². The lowest BCUT2D eigenvalue weighted by Crippen LogP contribution is -2.16. The van der Waals surface area contributed by atoms with Gasteiger partial charge in [-0.25, -0.2) is 8.42 Å². The van der Waals surface area contributed by atoms with Gasteiger partial charge in [-0.05, 0) is 49.7 Å². The molecule has 0 saturated heterocycles. The molecule has 0 fully saturated rings. The Morgan fingerprint density at radius 3 is 2.41 bits per heavy atom. The molecule has 3 rings (SSSR count). The number of ether oxygens (including phenoxy) is 1. The first-order valence-electron chi connectivity index (χ1n) is 9.44. The van der Waals surface area contributed by atoms with E-state index < -0.39 is 20.9 Å². The van der Waals surface area contributed by atoms with Crippen molar-refractivity contribution in [1.82, 2.24) is 0 Å². The smallest absolute Gasteiger partial charge is 0.271 e. The van der Waals surface area contributed by atoms with Gasteiger partial charge in [0.25, 0.3) is 21.6 Å². The van der Waals surface area contributed by atoms with Crippen molar-refractivity contribution in [3.05, 3.63) is 87.5 Å². The molecule has 0 saturated carbocycles. The molecule has 9 nitrogen and oxygen atoms in total. The van der Waals surface area contributed by atoms with E-state index in [4.69, 9.17) is 4.74 Å². The normalized spacial score (nSPS) is 11.0. The highest BCUT2D eigenvalue weighted by atomic mass is 32.2. The number of anilines is 2. The molecule has 0 atom stereocenters. The number of nitro benzene ring substituents is 1. The van der Waals surface area contributed by atoms with Crippen LogP contribution in [0.5, 0.6) is 5.75 Å². The standard InChI is InChI=1S/C22H21N3O6S/c1-14-7-9-19(15(2)11-14)23-22(26)16-5-4-6-18(12-16)32(29,30)24-20-13-17(25(27)28)8-10-21(20)31-3/h4-13,24H,1-3H3,(H,23,26). The van der Waals surface area contributed by atoms with Crippen molar-refractivity contribution in [2.45, 2.75) is 18.7 Å². The van der Waals surface area contributed by atoms with Crippen molar-refractivity contribution in [3.63, 3.8) is 0 Å². The van der Waals surface area contributed by atoms with Crippen LogP contribution in [-0.4, -0.2) is 26.4 Å². The third-order valence-electron chi connectivity index (χ3n) is 4.67. The molecule has 10 heteroatoms. The van der Waals surface area contributed by atoms with E-state index in [2.05, 4.69) is 10.0 Å². The Bertz CT molecular complexity index is 1300. The first kappa shape index (κ1) is 22.8. The average molecular weight is 455 g/mol. The summed E-state index contributed by atoms with van der Waals surface area (Å²) in [6.07, 6.45) is 0. The van der Waals surface area contributed by atoms with Crippen LogP contribution in [0, 0.1) is 24.0 Å². The number of rotatable bonds is 7. The first-order valence-corrected chi connectivity index (χ1v) is 10.9. The molecule has 0 aliphatic rings. The monoisotopic (exact) mass is 455 g/mol. The van der Waals surface area contributed by atoms with Crippen molar-refractivity contribution in [2.24, 2.45) is 0 Å². The van der Waals surface area contributed by atoms with E-state index in [0.29, 0.717) is 5.69 Å². The number of amides is 1. The van der Waals surface area contributed by atoms with Crippen LogP contribution in [0.3, 0.4) is 0 Å². The second-order valence-corrected chi connectivity index (χ2v) is 8.73. The average Bonchev–Trinajstić information content (AvgIpc) is 2.75. The fraction of sp³-hybridized carbons (Fsp3) is 0.136. The summed E-state index contributed by atoms with van der Waals surface area (Å²) in [5.41, 5.74) is 2.29. The maximum absolute atomic E-state index is 12.9. The number of hydrogen-bond donors (Lipinski definition) is 2. The second-order valence-electron chi connectivity index (χ2n) is 7.05.